The summed E-state index contributed by atoms with van der Waals surface area (Å²) in [5.74, 6) is -0.422. The number of aromatic carboxylic acids is 1. The summed E-state index contributed by atoms with van der Waals surface area (Å²) < 4.78 is 5.14. The van der Waals surface area contributed by atoms with Crippen LogP contribution in [0.15, 0.2) is 27.3 Å². The van der Waals surface area contributed by atoms with Crippen LogP contribution in [0, 0.1) is 6.92 Å². The van der Waals surface area contributed by atoms with Gasteiger partial charge in [0.1, 0.15) is 5.76 Å². The van der Waals surface area contributed by atoms with Gasteiger partial charge in [-0.2, -0.15) is 11.3 Å². The number of furan rings is 1. The van der Waals surface area contributed by atoms with Gasteiger partial charge in [0.05, 0.1) is 6.54 Å². The van der Waals surface area contributed by atoms with Gasteiger partial charge in [0, 0.05) is 6.54 Å². The van der Waals surface area contributed by atoms with E-state index in [0.717, 1.165) is 6.54 Å². The summed E-state index contributed by atoms with van der Waals surface area (Å²) in [6.45, 7) is 3.37. The number of hydrogen-bond donors (Lipinski definition) is 2. The molecule has 0 amide bonds. The fraction of sp³-hybridized carbons (Fsp3) is 0.250. The minimum absolute atomic E-state index is 0.0199. The fourth-order valence-electron chi connectivity index (χ4n) is 1.48. The number of carbonyl (C=O) groups is 1. The van der Waals surface area contributed by atoms with Gasteiger partial charge in [-0.05, 0) is 40.9 Å². The molecule has 2 aromatic heterocycles. The first-order valence-corrected chi connectivity index (χ1v) is 6.15. The molecule has 0 aliphatic heterocycles. The number of carboxylic acid groups (broad SMARTS) is 1. The van der Waals surface area contributed by atoms with E-state index in [1.165, 1.54) is 17.2 Å². The van der Waals surface area contributed by atoms with Gasteiger partial charge in [-0.15, -0.1) is 0 Å². The summed E-state index contributed by atoms with van der Waals surface area (Å²) in [5, 5.41) is 16.1. The maximum absolute atomic E-state index is 10.6. The Morgan fingerprint density at radius 1 is 1.41 bits per heavy atom. The summed E-state index contributed by atoms with van der Waals surface area (Å²) in [4.78, 5) is 10.6. The third-order valence-corrected chi connectivity index (χ3v) is 3.36. The van der Waals surface area contributed by atoms with E-state index >= 15 is 0 Å². The van der Waals surface area contributed by atoms with Gasteiger partial charge in [0.15, 0.2) is 0 Å². The van der Waals surface area contributed by atoms with Crippen LogP contribution in [0.4, 0.5) is 0 Å². The zero-order chi connectivity index (χ0) is 12.3. The minimum Gasteiger partial charge on any atom is -0.475 e. The van der Waals surface area contributed by atoms with Crippen molar-refractivity contribution in [1.29, 1.82) is 0 Å². The lowest BCUT2D eigenvalue weighted by molar-refractivity contribution is 0.0660. The molecule has 2 N–H and O–H groups in total. The lowest BCUT2D eigenvalue weighted by Crippen LogP contribution is -2.12. The number of thiophene rings is 1. The zero-order valence-electron chi connectivity index (χ0n) is 9.40. The molecule has 0 saturated heterocycles. The van der Waals surface area contributed by atoms with E-state index < -0.39 is 5.97 Å². The number of hydrogen-bond acceptors (Lipinski definition) is 4. The van der Waals surface area contributed by atoms with Crippen LogP contribution >= 0.6 is 11.3 Å². The molecule has 0 aliphatic rings. The van der Waals surface area contributed by atoms with Crippen molar-refractivity contribution in [2.45, 2.75) is 20.0 Å². The molecule has 2 aromatic rings. The van der Waals surface area contributed by atoms with E-state index in [0.29, 0.717) is 12.3 Å². The lowest BCUT2D eigenvalue weighted by Gasteiger charge is -2.01. The van der Waals surface area contributed by atoms with Crippen LogP contribution in [0.25, 0.3) is 0 Å². The van der Waals surface area contributed by atoms with Gasteiger partial charge in [0.25, 0.3) is 0 Å². The van der Waals surface area contributed by atoms with Crippen molar-refractivity contribution in [3.8, 4) is 0 Å². The van der Waals surface area contributed by atoms with Crippen LogP contribution in [0.5, 0.6) is 0 Å². The van der Waals surface area contributed by atoms with Crippen molar-refractivity contribution < 1.29 is 14.3 Å². The first-order chi connectivity index (χ1) is 8.16. The van der Waals surface area contributed by atoms with Crippen molar-refractivity contribution in [2.24, 2.45) is 0 Å². The molecule has 0 radical (unpaired) electrons. The highest BCUT2D eigenvalue weighted by molar-refractivity contribution is 7.08. The molecular formula is C12H13NO3S. The number of aryl methyl sites for hydroxylation is 1. The van der Waals surface area contributed by atoms with Gasteiger partial charge in [-0.3, -0.25) is 0 Å². The Morgan fingerprint density at radius 3 is 2.82 bits per heavy atom. The Morgan fingerprint density at radius 2 is 2.24 bits per heavy atom. The second-order valence-electron chi connectivity index (χ2n) is 3.75. The van der Waals surface area contributed by atoms with Gasteiger partial charge >= 0.3 is 5.97 Å². The molecule has 0 aliphatic carbocycles. The molecule has 17 heavy (non-hydrogen) atoms. The fourth-order valence-corrected chi connectivity index (χ4v) is 2.33. The second-order valence-corrected chi connectivity index (χ2v) is 4.50. The Balaban J connectivity index is 1.86. The molecule has 0 unspecified atom stereocenters. The Bertz CT molecular complexity index is 515. The standard InChI is InChI=1S/C12H13NO3S/c1-8-6-17-7-9(8)4-13-5-10-2-3-11(16-10)12(14)15/h2-3,6-7,13H,4-5H2,1H3,(H,14,15). The summed E-state index contributed by atoms with van der Waals surface area (Å²) in [6, 6.07) is 3.14. The summed E-state index contributed by atoms with van der Waals surface area (Å²) in [5.41, 5.74) is 2.54. The quantitative estimate of drug-likeness (QED) is 0.857. The van der Waals surface area contributed by atoms with Gasteiger partial charge in [-0.25, -0.2) is 4.79 Å². The topological polar surface area (TPSA) is 62.5 Å². The third-order valence-electron chi connectivity index (χ3n) is 2.45. The Kier molecular flexibility index (Phi) is 3.61. The van der Waals surface area contributed by atoms with Gasteiger partial charge < -0.3 is 14.8 Å². The van der Waals surface area contributed by atoms with Crippen molar-refractivity contribution in [2.75, 3.05) is 0 Å². The first kappa shape index (κ1) is 11.9. The zero-order valence-corrected chi connectivity index (χ0v) is 10.2. The minimum atomic E-state index is -1.04. The molecule has 2 heterocycles. The average molecular weight is 251 g/mol. The Labute approximate surface area is 103 Å². The molecule has 0 bridgehead atoms. The molecule has 0 fully saturated rings. The van der Waals surface area contributed by atoms with Crippen LogP contribution in [0.3, 0.4) is 0 Å². The highest BCUT2D eigenvalue weighted by Gasteiger charge is 2.08. The van der Waals surface area contributed by atoms with Crippen molar-refractivity contribution in [3.05, 3.63) is 45.5 Å². The maximum Gasteiger partial charge on any atom is 0.371 e. The molecule has 4 nitrogen and oxygen atoms in total. The van der Waals surface area contributed by atoms with Crippen molar-refractivity contribution in [1.82, 2.24) is 5.32 Å². The molecule has 90 valence electrons. The highest BCUT2D eigenvalue weighted by atomic mass is 32.1. The Hall–Kier alpha value is -1.59. The molecule has 5 heteroatoms. The van der Waals surface area contributed by atoms with E-state index in [1.54, 1.807) is 17.4 Å². The number of nitrogens with one attached hydrogen (secondary N) is 1. The van der Waals surface area contributed by atoms with Crippen LogP contribution in [-0.4, -0.2) is 11.1 Å². The monoisotopic (exact) mass is 251 g/mol. The molecule has 0 atom stereocenters. The van der Waals surface area contributed by atoms with Gasteiger partial charge in [-0.1, -0.05) is 0 Å². The molecule has 0 saturated carbocycles. The van der Waals surface area contributed by atoms with Crippen LogP contribution in [-0.2, 0) is 13.1 Å². The first-order valence-electron chi connectivity index (χ1n) is 5.21. The van der Waals surface area contributed by atoms with Crippen molar-refractivity contribution >= 4 is 17.3 Å². The van der Waals surface area contributed by atoms with E-state index in [9.17, 15) is 4.79 Å². The molecule has 2 rings (SSSR count). The maximum atomic E-state index is 10.6. The normalized spacial score (nSPS) is 10.6. The van der Waals surface area contributed by atoms with Crippen LogP contribution in [0.2, 0.25) is 0 Å². The largest absolute Gasteiger partial charge is 0.475 e. The van der Waals surface area contributed by atoms with E-state index in [4.69, 9.17) is 9.52 Å². The van der Waals surface area contributed by atoms with Crippen molar-refractivity contribution in [3.63, 3.8) is 0 Å². The number of rotatable bonds is 5. The molecular weight excluding hydrogens is 238 g/mol. The summed E-state index contributed by atoms with van der Waals surface area (Å²) in [7, 11) is 0. The second kappa shape index (κ2) is 5.16. The molecule has 0 aromatic carbocycles. The van der Waals surface area contributed by atoms with Gasteiger partial charge in [0.2, 0.25) is 5.76 Å². The number of carboxylic acids is 1. The third kappa shape index (κ3) is 2.95. The van der Waals surface area contributed by atoms with Crippen LogP contribution in [0.1, 0.15) is 27.4 Å². The molecule has 0 spiro atoms. The van der Waals surface area contributed by atoms with E-state index in [2.05, 4.69) is 23.0 Å². The van der Waals surface area contributed by atoms with E-state index in [-0.39, 0.29) is 5.76 Å². The lowest BCUT2D eigenvalue weighted by atomic mass is 10.2. The SMILES string of the molecule is Cc1cscc1CNCc1ccc(C(=O)O)o1. The van der Waals surface area contributed by atoms with E-state index in [1.807, 2.05) is 0 Å². The smallest absolute Gasteiger partial charge is 0.371 e. The van der Waals surface area contributed by atoms with Crippen LogP contribution < -0.4 is 5.32 Å². The predicted molar refractivity (Wildman–Crippen MR) is 65.3 cm³/mol. The average Bonchev–Trinajstić information content (AvgIpc) is 2.89. The predicted octanol–water partition coefficient (Wildman–Crippen LogP) is 2.64. The highest BCUT2D eigenvalue weighted by Crippen LogP contribution is 2.13. The summed E-state index contributed by atoms with van der Waals surface area (Å²) >= 11 is 1.68. The summed E-state index contributed by atoms with van der Waals surface area (Å²) in [6.07, 6.45) is 0.